The van der Waals surface area contributed by atoms with Gasteiger partial charge in [-0.3, -0.25) is 19.0 Å². The topological polar surface area (TPSA) is 136 Å². The van der Waals surface area contributed by atoms with E-state index in [2.05, 4.69) is 4.98 Å². The standard InChI is InChI=1S/C24H25Cl2N5O5S/c25-20-5-2-16(11-21(20)26)1-4-18(32)13-31-15-28-22-6-3-17(12-19(22)24(31)34)29-7-9-30(10-8-29)23(33)14-37(27,35)36/h2-3,5-6,11-12,15H,1,4,7-10,13-14H2,(H2,27,35,36). The zero-order valence-corrected chi connectivity index (χ0v) is 22.1. The van der Waals surface area contributed by atoms with Crippen molar-refractivity contribution >= 4 is 61.5 Å². The number of anilines is 1. The van der Waals surface area contributed by atoms with Gasteiger partial charge < -0.3 is 9.80 Å². The smallest absolute Gasteiger partial charge is 0.261 e. The van der Waals surface area contributed by atoms with Crippen molar-refractivity contribution in [3.8, 4) is 0 Å². The Morgan fingerprint density at radius 2 is 1.73 bits per heavy atom. The number of carbonyl (C=O) groups is 2. The second-order valence-electron chi connectivity index (χ2n) is 8.84. The van der Waals surface area contributed by atoms with E-state index in [9.17, 15) is 22.8 Å². The van der Waals surface area contributed by atoms with E-state index < -0.39 is 21.7 Å². The van der Waals surface area contributed by atoms with E-state index in [1.807, 2.05) is 17.0 Å². The molecule has 1 aliphatic rings. The van der Waals surface area contributed by atoms with Crippen LogP contribution in [0, 0.1) is 0 Å². The van der Waals surface area contributed by atoms with Crippen molar-refractivity contribution in [2.75, 3.05) is 36.8 Å². The second-order valence-corrected chi connectivity index (χ2v) is 11.3. The molecule has 0 spiro atoms. The third-order valence-electron chi connectivity index (χ3n) is 6.15. The van der Waals surface area contributed by atoms with Crippen LogP contribution in [-0.4, -0.2) is 66.5 Å². The van der Waals surface area contributed by atoms with Gasteiger partial charge in [0.2, 0.25) is 15.9 Å². The van der Waals surface area contributed by atoms with Crippen molar-refractivity contribution in [2.24, 2.45) is 5.14 Å². The molecule has 0 radical (unpaired) electrons. The molecule has 0 aliphatic carbocycles. The summed E-state index contributed by atoms with van der Waals surface area (Å²) in [5.41, 5.74) is 1.84. The third-order valence-corrected chi connectivity index (χ3v) is 7.54. The third kappa shape index (κ3) is 6.86. The highest BCUT2D eigenvalue weighted by Gasteiger charge is 2.24. The number of ketones is 1. The van der Waals surface area contributed by atoms with Crippen LogP contribution < -0.4 is 15.6 Å². The SMILES string of the molecule is NS(=O)(=O)CC(=O)N1CCN(c2ccc3ncn(CC(=O)CCc4ccc(Cl)c(Cl)c4)c(=O)c3c2)CC1. The van der Waals surface area contributed by atoms with Gasteiger partial charge in [0.1, 0.15) is 5.75 Å². The summed E-state index contributed by atoms with van der Waals surface area (Å²) in [6.07, 6.45) is 2.08. The summed E-state index contributed by atoms with van der Waals surface area (Å²) >= 11 is 12.0. The number of nitrogens with two attached hydrogens (primary N) is 1. The number of hydrogen-bond donors (Lipinski definition) is 1. The van der Waals surface area contributed by atoms with E-state index in [0.29, 0.717) is 53.5 Å². The normalized spacial score (nSPS) is 14.2. The van der Waals surface area contributed by atoms with Gasteiger partial charge in [-0.2, -0.15) is 0 Å². The molecule has 2 heterocycles. The molecule has 0 saturated carbocycles. The molecule has 10 nitrogen and oxygen atoms in total. The number of piperazine rings is 1. The monoisotopic (exact) mass is 565 g/mol. The molecule has 13 heteroatoms. The lowest BCUT2D eigenvalue weighted by Crippen LogP contribution is -2.50. The van der Waals surface area contributed by atoms with Crippen LogP contribution in [0.4, 0.5) is 5.69 Å². The Labute approximate surface area is 223 Å². The zero-order valence-electron chi connectivity index (χ0n) is 19.8. The second kappa shape index (κ2) is 11.2. The molecule has 1 fully saturated rings. The molecule has 196 valence electrons. The number of benzene rings is 2. The van der Waals surface area contributed by atoms with Gasteiger partial charge in [0.05, 0.1) is 33.8 Å². The van der Waals surface area contributed by atoms with Gasteiger partial charge in [-0.15, -0.1) is 0 Å². The number of sulfonamides is 1. The number of nitrogens with zero attached hydrogens (tertiary/aromatic N) is 4. The lowest BCUT2D eigenvalue weighted by atomic mass is 10.1. The predicted molar refractivity (Wildman–Crippen MR) is 143 cm³/mol. The zero-order chi connectivity index (χ0) is 26.7. The summed E-state index contributed by atoms with van der Waals surface area (Å²) in [7, 11) is -3.88. The lowest BCUT2D eigenvalue weighted by molar-refractivity contribution is -0.128. The van der Waals surface area contributed by atoms with Crippen molar-refractivity contribution < 1.29 is 18.0 Å². The molecule has 0 unspecified atom stereocenters. The van der Waals surface area contributed by atoms with Gasteiger partial charge >= 0.3 is 0 Å². The number of aromatic nitrogens is 2. The van der Waals surface area contributed by atoms with Gasteiger partial charge in [0.15, 0.2) is 5.78 Å². The first-order chi connectivity index (χ1) is 17.5. The average Bonchev–Trinajstić information content (AvgIpc) is 2.85. The Hall–Kier alpha value is -2.99. The van der Waals surface area contributed by atoms with Crippen LogP contribution in [0.1, 0.15) is 12.0 Å². The fourth-order valence-electron chi connectivity index (χ4n) is 4.18. The van der Waals surface area contributed by atoms with E-state index in [-0.39, 0.29) is 24.3 Å². The average molecular weight is 566 g/mol. The summed E-state index contributed by atoms with van der Waals surface area (Å²) in [4.78, 5) is 45.6. The maximum absolute atomic E-state index is 13.1. The number of aryl methyl sites for hydroxylation is 1. The molecule has 1 amide bonds. The molecule has 0 atom stereocenters. The molecular formula is C24H25Cl2N5O5S. The number of Topliss-reactive ketones (excluding diaryl/α,β-unsaturated/α-hetero) is 1. The van der Waals surface area contributed by atoms with E-state index in [1.165, 1.54) is 15.8 Å². The minimum atomic E-state index is -3.88. The molecule has 4 rings (SSSR count). The first-order valence-electron chi connectivity index (χ1n) is 11.5. The highest BCUT2D eigenvalue weighted by Crippen LogP contribution is 2.23. The number of rotatable bonds is 8. The van der Waals surface area contributed by atoms with Crippen LogP contribution in [0.3, 0.4) is 0 Å². The fourth-order valence-corrected chi connectivity index (χ4v) is 5.03. The number of amides is 1. The van der Waals surface area contributed by atoms with Crippen LogP contribution in [0.2, 0.25) is 10.0 Å². The van der Waals surface area contributed by atoms with E-state index in [4.69, 9.17) is 28.3 Å². The van der Waals surface area contributed by atoms with Crippen molar-refractivity contribution in [3.63, 3.8) is 0 Å². The summed E-state index contributed by atoms with van der Waals surface area (Å²) in [6.45, 7) is 1.49. The molecule has 37 heavy (non-hydrogen) atoms. The maximum atomic E-state index is 13.1. The maximum Gasteiger partial charge on any atom is 0.261 e. The first-order valence-corrected chi connectivity index (χ1v) is 14.0. The van der Waals surface area contributed by atoms with Gasteiger partial charge in [0.25, 0.3) is 5.56 Å². The predicted octanol–water partition coefficient (Wildman–Crippen LogP) is 1.84. The minimum absolute atomic E-state index is 0.0990. The Morgan fingerprint density at radius 3 is 2.41 bits per heavy atom. The Kier molecular flexibility index (Phi) is 8.17. The highest BCUT2D eigenvalue weighted by atomic mass is 35.5. The summed E-state index contributed by atoms with van der Waals surface area (Å²) in [5.74, 6) is -1.37. The van der Waals surface area contributed by atoms with Gasteiger partial charge in [-0.1, -0.05) is 29.3 Å². The highest BCUT2D eigenvalue weighted by molar-refractivity contribution is 7.89. The minimum Gasteiger partial charge on any atom is -0.368 e. The van der Waals surface area contributed by atoms with Crippen molar-refractivity contribution in [2.45, 2.75) is 19.4 Å². The molecule has 0 bridgehead atoms. The van der Waals surface area contributed by atoms with Gasteiger partial charge in [-0.05, 0) is 42.3 Å². The van der Waals surface area contributed by atoms with Crippen molar-refractivity contribution in [3.05, 3.63) is 68.7 Å². The molecule has 1 saturated heterocycles. The molecule has 3 aromatic rings. The largest absolute Gasteiger partial charge is 0.368 e. The molecule has 2 aromatic carbocycles. The Balaban J connectivity index is 1.42. The van der Waals surface area contributed by atoms with E-state index in [0.717, 1.165) is 11.3 Å². The van der Waals surface area contributed by atoms with Crippen molar-refractivity contribution in [1.82, 2.24) is 14.5 Å². The number of hydrogen-bond acceptors (Lipinski definition) is 7. The molecule has 1 aliphatic heterocycles. The first kappa shape index (κ1) is 27.1. The number of primary sulfonamides is 1. The summed E-state index contributed by atoms with van der Waals surface area (Å²) in [6, 6.07) is 10.5. The number of carbonyl (C=O) groups excluding carboxylic acids is 2. The molecule has 1 aromatic heterocycles. The van der Waals surface area contributed by atoms with Gasteiger partial charge in [0, 0.05) is 38.3 Å². The van der Waals surface area contributed by atoms with Crippen LogP contribution in [-0.2, 0) is 32.6 Å². The summed E-state index contributed by atoms with van der Waals surface area (Å²) < 4.78 is 23.7. The van der Waals surface area contributed by atoms with E-state index in [1.54, 1.807) is 24.3 Å². The van der Waals surface area contributed by atoms with E-state index >= 15 is 0 Å². The van der Waals surface area contributed by atoms with Crippen molar-refractivity contribution in [1.29, 1.82) is 0 Å². The Morgan fingerprint density at radius 1 is 1.00 bits per heavy atom. The lowest BCUT2D eigenvalue weighted by Gasteiger charge is -2.36. The van der Waals surface area contributed by atoms with Gasteiger partial charge in [-0.25, -0.2) is 18.5 Å². The summed E-state index contributed by atoms with van der Waals surface area (Å²) in [5, 5.41) is 6.22. The quantitative estimate of drug-likeness (QED) is 0.440. The van der Waals surface area contributed by atoms with Crippen LogP contribution in [0.25, 0.3) is 10.9 Å². The van der Waals surface area contributed by atoms with Crippen LogP contribution in [0.15, 0.2) is 47.5 Å². The molecular weight excluding hydrogens is 541 g/mol. The van der Waals surface area contributed by atoms with Crippen LogP contribution in [0.5, 0.6) is 0 Å². The Bertz CT molecular complexity index is 1520. The number of fused-ring (bicyclic) bond motifs is 1. The molecule has 2 N–H and O–H groups in total. The van der Waals surface area contributed by atoms with Crippen LogP contribution >= 0.6 is 23.2 Å². The fraction of sp³-hybridized carbons (Fsp3) is 0.333. The number of halogens is 2.